The topological polar surface area (TPSA) is 93.8 Å². The average Bonchev–Trinajstić information content (AvgIpc) is 2.94. The SMILES string of the molecule is Cc1ccc(-c2cc(C(=O)O)nn2-c2ncccn2)nc1. The second kappa shape index (κ2) is 5.12. The molecule has 0 amide bonds. The largest absolute Gasteiger partial charge is 0.476 e. The van der Waals surface area contributed by atoms with E-state index in [1.807, 2.05) is 13.0 Å². The van der Waals surface area contributed by atoms with Gasteiger partial charge in [-0.15, -0.1) is 0 Å². The van der Waals surface area contributed by atoms with Crippen LogP contribution in [0.25, 0.3) is 17.3 Å². The summed E-state index contributed by atoms with van der Waals surface area (Å²) in [6.07, 6.45) is 4.84. The summed E-state index contributed by atoms with van der Waals surface area (Å²) < 4.78 is 1.38. The van der Waals surface area contributed by atoms with Gasteiger partial charge in [-0.2, -0.15) is 9.78 Å². The lowest BCUT2D eigenvalue weighted by molar-refractivity contribution is 0.0690. The highest BCUT2D eigenvalue weighted by atomic mass is 16.4. The summed E-state index contributed by atoms with van der Waals surface area (Å²) in [4.78, 5) is 23.6. The van der Waals surface area contributed by atoms with E-state index in [0.717, 1.165) is 5.56 Å². The average molecular weight is 281 g/mol. The molecule has 7 nitrogen and oxygen atoms in total. The maximum absolute atomic E-state index is 11.1. The third kappa shape index (κ3) is 2.48. The number of aryl methyl sites for hydroxylation is 1. The maximum Gasteiger partial charge on any atom is 0.356 e. The van der Waals surface area contributed by atoms with Crippen molar-refractivity contribution in [1.82, 2.24) is 24.7 Å². The number of rotatable bonds is 3. The van der Waals surface area contributed by atoms with Crippen molar-refractivity contribution in [3.63, 3.8) is 0 Å². The van der Waals surface area contributed by atoms with E-state index in [-0.39, 0.29) is 5.69 Å². The highest BCUT2D eigenvalue weighted by Gasteiger charge is 2.17. The second-order valence-electron chi connectivity index (χ2n) is 4.40. The van der Waals surface area contributed by atoms with E-state index in [9.17, 15) is 4.79 Å². The zero-order valence-corrected chi connectivity index (χ0v) is 11.1. The number of aromatic nitrogens is 5. The van der Waals surface area contributed by atoms with Gasteiger partial charge in [0.05, 0.1) is 11.4 Å². The fourth-order valence-electron chi connectivity index (χ4n) is 1.84. The number of pyridine rings is 1. The van der Waals surface area contributed by atoms with Crippen LogP contribution in [0.3, 0.4) is 0 Å². The van der Waals surface area contributed by atoms with E-state index in [4.69, 9.17) is 5.11 Å². The van der Waals surface area contributed by atoms with Gasteiger partial charge in [-0.25, -0.2) is 14.8 Å². The molecular weight excluding hydrogens is 270 g/mol. The van der Waals surface area contributed by atoms with Gasteiger partial charge in [-0.05, 0) is 24.6 Å². The lowest BCUT2D eigenvalue weighted by atomic mass is 10.2. The fraction of sp³-hybridized carbons (Fsp3) is 0.0714. The van der Waals surface area contributed by atoms with Gasteiger partial charge in [0.25, 0.3) is 5.95 Å². The predicted molar refractivity (Wildman–Crippen MR) is 74.1 cm³/mol. The molecule has 0 aliphatic rings. The first-order valence-electron chi connectivity index (χ1n) is 6.19. The molecule has 0 aliphatic heterocycles. The summed E-state index contributed by atoms with van der Waals surface area (Å²) >= 11 is 0. The molecule has 0 bridgehead atoms. The Morgan fingerprint density at radius 3 is 2.57 bits per heavy atom. The Labute approximate surface area is 119 Å². The van der Waals surface area contributed by atoms with Crippen molar-refractivity contribution in [3.05, 3.63) is 54.1 Å². The molecule has 0 fully saturated rings. The lowest BCUT2D eigenvalue weighted by Gasteiger charge is -2.04. The van der Waals surface area contributed by atoms with E-state index in [0.29, 0.717) is 17.3 Å². The quantitative estimate of drug-likeness (QED) is 0.785. The summed E-state index contributed by atoms with van der Waals surface area (Å²) in [5, 5.41) is 13.2. The first kappa shape index (κ1) is 12.9. The summed E-state index contributed by atoms with van der Waals surface area (Å²) in [5.74, 6) is -0.819. The van der Waals surface area contributed by atoms with Crippen LogP contribution in [-0.2, 0) is 0 Å². The van der Waals surface area contributed by atoms with Gasteiger partial charge in [-0.3, -0.25) is 4.98 Å². The normalized spacial score (nSPS) is 10.5. The minimum Gasteiger partial charge on any atom is -0.476 e. The van der Waals surface area contributed by atoms with Crippen LogP contribution < -0.4 is 0 Å². The maximum atomic E-state index is 11.1. The van der Waals surface area contributed by atoms with Gasteiger partial charge < -0.3 is 5.11 Å². The van der Waals surface area contributed by atoms with Crippen molar-refractivity contribution in [2.45, 2.75) is 6.92 Å². The number of nitrogens with zero attached hydrogens (tertiary/aromatic N) is 5. The zero-order chi connectivity index (χ0) is 14.8. The minimum absolute atomic E-state index is 0.0835. The summed E-state index contributed by atoms with van der Waals surface area (Å²) in [6.45, 7) is 1.93. The number of hydrogen-bond acceptors (Lipinski definition) is 5. The molecule has 7 heteroatoms. The zero-order valence-electron chi connectivity index (χ0n) is 11.1. The molecule has 21 heavy (non-hydrogen) atoms. The standard InChI is InChI=1S/C14H11N5O2/c1-9-3-4-10(17-8-9)12-7-11(13(20)21)18-19(12)14-15-5-2-6-16-14/h2-8H,1H3,(H,20,21). The lowest BCUT2D eigenvalue weighted by Crippen LogP contribution is -2.06. The Bertz CT molecular complexity index is 781. The Balaban J connectivity index is 2.19. The Kier molecular flexibility index (Phi) is 3.15. The summed E-state index contributed by atoms with van der Waals surface area (Å²) in [7, 11) is 0. The van der Waals surface area contributed by atoms with Crippen molar-refractivity contribution in [2.24, 2.45) is 0 Å². The van der Waals surface area contributed by atoms with Gasteiger partial charge in [0.1, 0.15) is 0 Å². The van der Waals surface area contributed by atoms with Crippen LogP contribution in [0.1, 0.15) is 16.1 Å². The first-order chi connectivity index (χ1) is 10.1. The molecule has 0 spiro atoms. The molecule has 3 aromatic rings. The van der Waals surface area contributed by atoms with Gasteiger partial charge in [0.2, 0.25) is 0 Å². The molecule has 3 aromatic heterocycles. The van der Waals surface area contributed by atoms with Gasteiger partial charge in [0, 0.05) is 24.7 Å². The van der Waals surface area contributed by atoms with E-state index in [1.54, 1.807) is 30.7 Å². The molecule has 0 atom stereocenters. The van der Waals surface area contributed by atoms with Gasteiger partial charge >= 0.3 is 5.97 Å². The molecule has 3 rings (SSSR count). The number of carbonyl (C=O) groups is 1. The molecule has 0 aromatic carbocycles. The van der Waals surface area contributed by atoms with Crippen molar-refractivity contribution in [2.75, 3.05) is 0 Å². The molecule has 3 heterocycles. The highest BCUT2D eigenvalue weighted by molar-refractivity contribution is 5.87. The van der Waals surface area contributed by atoms with Crippen LogP contribution in [0.4, 0.5) is 0 Å². The van der Waals surface area contributed by atoms with Crippen LogP contribution >= 0.6 is 0 Å². The van der Waals surface area contributed by atoms with Gasteiger partial charge in [-0.1, -0.05) is 6.07 Å². The van der Waals surface area contributed by atoms with Crippen LogP contribution in [-0.4, -0.2) is 35.8 Å². The Morgan fingerprint density at radius 1 is 1.19 bits per heavy atom. The number of carboxylic acid groups (broad SMARTS) is 1. The molecular formula is C14H11N5O2. The van der Waals surface area contributed by atoms with Gasteiger partial charge in [0.15, 0.2) is 5.69 Å². The second-order valence-corrected chi connectivity index (χ2v) is 4.40. The Morgan fingerprint density at radius 2 is 1.95 bits per heavy atom. The van der Waals surface area contributed by atoms with Crippen LogP contribution in [0, 0.1) is 6.92 Å². The van der Waals surface area contributed by atoms with Crippen molar-refractivity contribution >= 4 is 5.97 Å². The number of aromatic carboxylic acids is 1. The highest BCUT2D eigenvalue weighted by Crippen LogP contribution is 2.21. The molecule has 1 N–H and O–H groups in total. The molecule has 0 radical (unpaired) electrons. The smallest absolute Gasteiger partial charge is 0.356 e. The third-order valence-electron chi connectivity index (χ3n) is 2.84. The molecule has 104 valence electrons. The van der Waals surface area contributed by atoms with Crippen molar-refractivity contribution in [3.8, 4) is 17.3 Å². The fourth-order valence-corrected chi connectivity index (χ4v) is 1.84. The summed E-state index contributed by atoms with van der Waals surface area (Å²) in [6, 6.07) is 6.83. The molecule has 0 unspecified atom stereocenters. The van der Waals surface area contributed by atoms with Crippen molar-refractivity contribution < 1.29 is 9.90 Å². The first-order valence-corrected chi connectivity index (χ1v) is 6.19. The van der Waals surface area contributed by atoms with E-state index < -0.39 is 5.97 Å². The minimum atomic E-state index is -1.11. The van der Waals surface area contributed by atoms with E-state index >= 15 is 0 Å². The molecule has 0 saturated carbocycles. The number of hydrogen-bond donors (Lipinski definition) is 1. The van der Waals surface area contributed by atoms with E-state index in [1.165, 1.54) is 10.7 Å². The van der Waals surface area contributed by atoms with E-state index in [2.05, 4.69) is 20.1 Å². The van der Waals surface area contributed by atoms with Crippen LogP contribution in [0.15, 0.2) is 42.9 Å². The third-order valence-corrected chi connectivity index (χ3v) is 2.84. The Hall–Kier alpha value is -3.09. The monoisotopic (exact) mass is 281 g/mol. The predicted octanol–water partition coefficient (Wildman–Crippen LogP) is 1.73. The number of carboxylic acids is 1. The molecule has 0 aliphatic carbocycles. The van der Waals surface area contributed by atoms with Crippen LogP contribution in [0.2, 0.25) is 0 Å². The molecule has 0 saturated heterocycles. The van der Waals surface area contributed by atoms with Crippen LogP contribution in [0.5, 0.6) is 0 Å². The van der Waals surface area contributed by atoms with Crippen molar-refractivity contribution in [1.29, 1.82) is 0 Å². The summed E-state index contributed by atoms with van der Waals surface area (Å²) in [5.41, 5.74) is 2.06.